The van der Waals surface area contributed by atoms with Gasteiger partial charge in [0.2, 0.25) is 0 Å². The van der Waals surface area contributed by atoms with E-state index in [-0.39, 0.29) is 13.1 Å². The fourth-order valence-electron chi connectivity index (χ4n) is 7.55. The number of aliphatic carboxylic acids is 3. The highest BCUT2D eigenvalue weighted by atomic mass is 16.5. The van der Waals surface area contributed by atoms with Crippen LogP contribution in [0.15, 0.2) is 60.7 Å². The van der Waals surface area contributed by atoms with Gasteiger partial charge in [-0.2, -0.15) is 0 Å². The summed E-state index contributed by atoms with van der Waals surface area (Å²) in [6.45, 7) is 10.3. The third-order valence-electron chi connectivity index (χ3n) is 10.7. The van der Waals surface area contributed by atoms with Gasteiger partial charge in [-0.3, -0.25) is 29.1 Å². The van der Waals surface area contributed by atoms with Crippen LogP contribution in [0, 0.1) is 13.8 Å². The molecule has 2 aliphatic heterocycles. The summed E-state index contributed by atoms with van der Waals surface area (Å²) in [4.78, 5) is 43.1. The second-order valence-corrected chi connectivity index (χ2v) is 14.6. The molecule has 0 bridgehead atoms. The molecule has 290 valence electrons. The Morgan fingerprint density at radius 2 is 1.39 bits per heavy atom. The van der Waals surface area contributed by atoms with Crippen molar-refractivity contribution in [2.45, 2.75) is 58.5 Å². The van der Waals surface area contributed by atoms with Gasteiger partial charge in [0, 0.05) is 51.4 Å². The van der Waals surface area contributed by atoms with Crippen LogP contribution in [0.4, 0.5) is 0 Å². The molecular weight excluding hydrogens is 684 g/mol. The van der Waals surface area contributed by atoms with E-state index < -0.39 is 23.9 Å². The average molecular weight is 741 g/mol. The van der Waals surface area contributed by atoms with Crippen molar-refractivity contribution in [1.29, 1.82) is 0 Å². The third-order valence-corrected chi connectivity index (χ3v) is 10.7. The van der Waals surface area contributed by atoms with Gasteiger partial charge in [0.25, 0.3) is 0 Å². The van der Waals surface area contributed by atoms with E-state index in [9.17, 15) is 29.7 Å². The van der Waals surface area contributed by atoms with Gasteiger partial charge in [-0.25, -0.2) is 0 Å². The molecule has 11 heteroatoms. The number of nitrogens with zero attached hydrogens (tertiary/aromatic N) is 4. The zero-order valence-corrected chi connectivity index (χ0v) is 31.8. The minimum Gasteiger partial charge on any atom is -0.493 e. The lowest BCUT2D eigenvalue weighted by Crippen LogP contribution is -2.44. The molecular formula is C43H56N4O7. The highest BCUT2D eigenvalue weighted by molar-refractivity contribution is 5.78. The van der Waals surface area contributed by atoms with Gasteiger partial charge in [-0.1, -0.05) is 73.2 Å². The summed E-state index contributed by atoms with van der Waals surface area (Å²) >= 11 is 0. The van der Waals surface area contributed by atoms with Crippen LogP contribution in [0.1, 0.15) is 59.9 Å². The molecule has 3 aromatic rings. The fourth-order valence-corrected chi connectivity index (χ4v) is 7.55. The van der Waals surface area contributed by atoms with Crippen LogP contribution in [0.5, 0.6) is 5.75 Å². The summed E-state index contributed by atoms with van der Waals surface area (Å²) in [5.41, 5.74) is 7.84. The van der Waals surface area contributed by atoms with Crippen LogP contribution in [-0.2, 0) is 20.9 Å². The van der Waals surface area contributed by atoms with Crippen molar-refractivity contribution in [3.63, 3.8) is 0 Å². The lowest BCUT2D eigenvalue weighted by molar-refractivity contribution is -0.145. The molecule has 0 unspecified atom stereocenters. The number of hydrogen-bond donors (Lipinski definition) is 3. The second kappa shape index (κ2) is 20.2. The first-order valence-electron chi connectivity index (χ1n) is 19.2. The molecule has 11 nitrogen and oxygen atoms in total. The molecule has 3 N–H and O–H groups in total. The van der Waals surface area contributed by atoms with Gasteiger partial charge < -0.3 is 25.0 Å². The van der Waals surface area contributed by atoms with Crippen LogP contribution in [0.2, 0.25) is 0 Å². The first kappa shape index (κ1) is 40.6. The molecule has 2 aliphatic rings. The molecule has 1 atom stereocenters. The number of carbonyl (C=O) groups is 3. The predicted molar refractivity (Wildman–Crippen MR) is 212 cm³/mol. The number of unbranched alkanes of at least 4 members (excludes halogenated alkanes) is 1. The van der Waals surface area contributed by atoms with E-state index in [0.29, 0.717) is 58.8 Å². The lowest BCUT2D eigenvalue weighted by atomic mass is 9.95. The van der Waals surface area contributed by atoms with Gasteiger partial charge >= 0.3 is 17.9 Å². The van der Waals surface area contributed by atoms with Crippen LogP contribution in [0.3, 0.4) is 0 Å². The number of ether oxygens (including phenoxy) is 1. The van der Waals surface area contributed by atoms with E-state index in [1.54, 1.807) is 0 Å². The van der Waals surface area contributed by atoms with Crippen molar-refractivity contribution in [2.24, 2.45) is 0 Å². The molecule has 2 heterocycles. The van der Waals surface area contributed by atoms with Crippen LogP contribution in [0.25, 0.3) is 23.3 Å². The van der Waals surface area contributed by atoms with Gasteiger partial charge in [0.15, 0.2) is 0 Å². The molecule has 5 rings (SSSR count). The minimum atomic E-state index is -0.886. The molecule has 54 heavy (non-hydrogen) atoms. The van der Waals surface area contributed by atoms with E-state index in [4.69, 9.17) is 4.74 Å². The van der Waals surface area contributed by atoms with E-state index in [1.807, 2.05) is 15.9 Å². The van der Waals surface area contributed by atoms with Crippen molar-refractivity contribution in [2.75, 3.05) is 72.1 Å². The maximum Gasteiger partial charge on any atom is 0.320 e. The van der Waals surface area contributed by atoms with E-state index in [2.05, 4.69) is 90.4 Å². The largest absolute Gasteiger partial charge is 0.493 e. The van der Waals surface area contributed by atoms with Crippen molar-refractivity contribution in [3.05, 3.63) is 88.5 Å². The number of piperidine rings is 1. The minimum absolute atomic E-state index is 0.0665. The number of benzene rings is 3. The summed E-state index contributed by atoms with van der Waals surface area (Å²) < 4.78 is 6.53. The molecule has 2 fully saturated rings. The monoisotopic (exact) mass is 740 g/mol. The van der Waals surface area contributed by atoms with E-state index in [1.165, 1.54) is 16.7 Å². The molecule has 0 amide bonds. The standard InChI is InChI=1S/C43H56N4O7/c1-32-27-37(29-47-19-7-6-15-39(47)43(52)53)40(28-36(32)17-16-34-13-10-14-38(33(34)2)35-11-4-3-5-12-35)54-26-9-8-18-44-20-22-45(30-41(48)49)24-25-46(23-21-44)31-42(50)51/h3-5,10-14,16-17,27-28,39H,6-9,15,18-26,29-31H2,1-2H3,(H,48,49)(H,50,51)(H,52,53)/b17-16+/t39-/m0/s1. The molecule has 0 radical (unpaired) electrons. The van der Waals surface area contributed by atoms with Gasteiger partial charge in [0.05, 0.1) is 19.7 Å². The van der Waals surface area contributed by atoms with Crippen molar-refractivity contribution < 1.29 is 34.4 Å². The Morgan fingerprint density at radius 1 is 0.741 bits per heavy atom. The Labute approximate surface area is 319 Å². The highest BCUT2D eigenvalue weighted by Gasteiger charge is 2.29. The second-order valence-electron chi connectivity index (χ2n) is 14.6. The lowest BCUT2D eigenvalue weighted by Gasteiger charge is -2.33. The van der Waals surface area contributed by atoms with Crippen LogP contribution >= 0.6 is 0 Å². The first-order valence-corrected chi connectivity index (χ1v) is 19.2. The average Bonchev–Trinajstić information content (AvgIpc) is 3.23. The number of likely N-dealkylation sites (tertiary alicyclic amines) is 1. The predicted octanol–water partition coefficient (Wildman–Crippen LogP) is 5.83. The van der Waals surface area contributed by atoms with Gasteiger partial charge in [0.1, 0.15) is 11.8 Å². The topological polar surface area (TPSA) is 134 Å². The molecule has 0 spiro atoms. The zero-order valence-electron chi connectivity index (χ0n) is 31.8. The smallest absolute Gasteiger partial charge is 0.320 e. The highest BCUT2D eigenvalue weighted by Crippen LogP contribution is 2.31. The third kappa shape index (κ3) is 12.0. The maximum atomic E-state index is 12.1. The summed E-state index contributed by atoms with van der Waals surface area (Å²) in [7, 11) is 0. The summed E-state index contributed by atoms with van der Waals surface area (Å²) in [5, 5.41) is 28.7. The Kier molecular flexibility index (Phi) is 15.2. The van der Waals surface area contributed by atoms with Gasteiger partial charge in [-0.05, 0) is 92.1 Å². The molecule has 2 saturated heterocycles. The Hall–Kier alpha value is -4.55. The van der Waals surface area contributed by atoms with Crippen molar-refractivity contribution >= 4 is 30.1 Å². The number of rotatable bonds is 16. The molecule has 0 saturated carbocycles. The Morgan fingerprint density at radius 3 is 2.04 bits per heavy atom. The van der Waals surface area contributed by atoms with Crippen LogP contribution in [-0.4, -0.2) is 131 Å². The van der Waals surface area contributed by atoms with Crippen molar-refractivity contribution in [1.82, 2.24) is 19.6 Å². The normalized spacial score (nSPS) is 18.2. The summed E-state index contributed by atoms with van der Waals surface area (Å²) in [6.07, 6.45) is 8.47. The first-order chi connectivity index (χ1) is 26.1. The Bertz CT molecular complexity index is 1720. The SMILES string of the molecule is Cc1cc(CN2CCCC[C@H]2C(=O)O)c(OCCCCN2CCN(CC(=O)O)CCN(CC(=O)O)CC2)cc1/C=C/c1cccc(-c2ccccc2)c1C. The van der Waals surface area contributed by atoms with Crippen LogP contribution < -0.4 is 4.74 Å². The zero-order chi connectivity index (χ0) is 38.5. The van der Waals surface area contributed by atoms with E-state index >= 15 is 0 Å². The fraction of sp³-hybridized carbons (Fsp3) is 0.465. The van der Waals surface area contributed by atoms with E-state index in [0.717, 1.165) is 66.8 Å². The number of carboxylic acids is 3. The Balaban J connectivity index is 1.29. The molecule has 0 aliphatic carbocycles. The number of carboxylic acid groups (broad SMARTS) is 3. The molecule has 3 aromatic carbocycles. The number of hydrogen-bond acceptors (Lipinski definition) is 8. The molecule has 0 aromatic heterocycles. The maximum absolute atomic E-state index is 12.1. The van der Waals surface area contributed by atoms with Crippen molar-refractivity contribution in [3.8, 4) is 16.9 Å². The summed E-state index contributed by atoms with van der Waals surface area (Å²) in [6, 6.07) is 20.5. The number of aryl methyl sites for hydroxylation is 1. The quantitative estimate of drug-likeness (QED) is 0.121. The van der Waals surface area contributed by atoms with Gasteiger partial charge in [-0.15, -0.1) is 0 Å². The summed E-state index contributed by atoms with van der Waals surface area (Å²) in [5.74, 6) is -1.79.